The maximum absolute atomic E-state index is 12.2. The minimum absolute atomic E-state index is 0.0351. The number of carbonyl (C=O) groups is 1. The largest absolute Gasteiger partial charge is 0.337 e. The number of hydrogen-bond donors (Lipinski definition) is 1. The Labute approximate surface area is 100 Å². The van der Waals surface area contributed by atoms with Gasteiger partial charge in [0.05, 0.1) is 0 Å². The van der Waals surface area contributed by atoms with Crippen molar-refractivity contribution >= 4 is 17.5 Å². The summed E-state index contributed by atoms with van der Waals surface area (Å²) in [6.45, 7) is 3.25. The molecule has 0 unspecified atom stereocenters. The highest BCUT2D eigenvalue weighted by Gasteiger charge is 2.25. The van der Waals surface area contributed by atoms with Crippen LogP contribution < -0.4 is 5.73 Å². The van der Waals surface area contributed by atoms with Crippen molar-refractivity contribution in [2.24, 2.45) is 5.73 Å². The number of nitrogens with two attached hydrogens (primary N) is 1. The van der Waals surface area contributed by atoms with Crippen LogP contribution in [0.25, 0.3) is 0 Å². The van der Waals surface area contributed by atoms with Crippen molar-refractivity contribution in [1.82, 2.24) is 4.90 Å². The molecule has 1 fully saturated rings. The standard InChI is InChI=1S/C12H15ClN2O/c1-8-10(3-2-4-11(8)13)12(16)15-6-5-9(14)7-15/h2-4,9H,5-7,14H2,1H3/t9-/m0/s1. The molecule has 2 rings (SSSR count). The molecule has 16 heavy (non-hydrogen) atoms. The smallest absolute Gasteiger partial charge is 0.254 e. The highest BCUT2D eigenvalue weighted by molar-refractivity contribution is 6.31. The summed E-state index contributed by atoms with van der Waals surface area (Å²) in [5.74, 6) is 0.0351. The van der Waals surface area contributed by atoms with E-state index in [2.05, 4.69) is 0 Å². The van der Waals surface area contributed by atoms with Crippen LogP contribution in [0.15, 0.2) is 18.2 Å². The van der Waals surface area contributed by atoms with Gasteiger partial charge in [-0.25, -0.2) is 0 Å². The molecule has 1 aliphatic rings. The molecule has 0 saturated carbocycles. The zero-order valence-electron chi connectivity index (χ0n) is 9.24. The molecule has 3 nitrogen and oxygen atoms in total. The molecule has 1 aromatic rings. The fourth-order valence-corrected chi connectivity index (χ4v) is 2.16. The van der Waals surface area contributed by atoms with Gasteiger partial charge in [-0.3, -0.25) is 4.79 Å². The Kier molecular flexibility index (Phi) is 3.17. The van der Waals surface area contributed by atoms with Gasteiger partial charge >= 0.3 is 0 Å². The lowest BCUT2D eigenvalue weighted by Gasteiger charge is -2.17. The molecule has 4 heteroatoms. The molecule has 1 heterocycles. The molecule has 0 aromatic heterocycles. The Hall–Kier alpha value is -1.06. The van der Waals surface area contributed by atoms with Crippen molar-refractivity contribution in [3.8, 4) is 0 Å². The average Bonchev–Trinajstić information content (AvgIpc) is 2.68. The van der Waals surface area contributed by atoms with Gasteiger partial charge in [-0.1, -0.05) is 17.7 Å². The summed E-state index contributed by atoms with van der Waals surface area (Å²) < 4.78 is 0. The normalized spacial score (nSPS) is 20.2. The number of rotatable bonds is 1. The summed E-state index contributed by atoms with van der Waals surface area (Å²) in [6, 6.07) is 5.53. The highest BCUT2D eigenvalue weighted by atomic mass is 35.5. The van der Waals surface area contributed by atoms with Crippen LogP contribution in [0.4, 0.5) is 0 Å². The first-order chi connectivity index (χ1) is 7.59. The van der Waals surface area contributed by atoms with Gasteiger partial charge in [0.2, 0.25) is 0 Å². The summed E-state index contributed by atoms with van der Waals surface area (Å²) in [4.78, 5) is 14.0. The highest BCUT2D eigenvalue weighted by Crippen LogP contribution is 2.21. The average molecular weight is 239 g/mol. The van der Waals surface area contributed by atoms with E-state index in [1.165, 1.54) is 0 Å². The molecular weight excluding hydrogens is 224 g/mol. The second-order valence-corrected chi connectivity index (χ2v) is 4.62. The van der Waals surface area contributed by atoms with Crippen LogP contribution in [0.5, 0.6) is 0 Å². The van der Waals surface area contributed by atoms with E-state index in [9.17, 15) is 4.79 Å². The summed E-state index contributed by atoms with van der Waals surface area (Å²) in [5.41, 5.74) is 7.31. The van der Waals surface area contributed by atoms with Crippen molar-refractivity contribution < 1.29 is 4.79 Å². The minimum atomic E-state index is 0.0351. The Bertz CT molecular complexity index is 419. The summed E-state index contributed by atoms with van der Waals surface area (Å²) in [5, 5.41) is 0.634. The molecule has 1 saturated heterocycles. The molecule has 1 amide bonds. The van der Waals surface area contributed by atoms with Crippen molar-refractivity contribution in [2.75, 3.05) is 13.1 Å². The lowest BCUT2D eigenvalue weighted by atomic mass is 10.1. The van der Waals surface area contributed by atoms with Crippen LogP contribution in [0.2, 0.25) is 5.02 Å². The van der Waals surface area contributed by atoms with Gasteiger partial charge in [0.25, 0.3) is 5.91 Å². The number of nitrogens with zero attached hydrogens (tertiary/aromatic N) is 1. The SMILES string of the molecule is Cc1c(Cl)cccc1C(=O)N1CC[C@H](N)C1. The molecule has 86 valence electrons. The van der Waals surface area contributed by atoms with Crippen molar-refractivity contribution in [3.63, 3.8) is 0 Å². The first-order valence-electron chi connectivity index (χ1n) is 5.39. The Morgan fingerprint density at radius 1 is 1.56 bits per heavy atom. The van der Waals surface area contributed by atoms with Gasteiger partial charge in [0.15, 0.2) is 0 Å². The van der Waals surface area contributed by atoms with Crippen LogP contribution in [0.3, 0.4) is 0 Å². The van der Waals surface area contributed by atoms with Crippen LogP contribution in [-0.2, 0) is 0 Å². The molecular formula is C12H15ClN2O. The van der Waals surface area contributed by atoms with Gasteiger partial charge < -0.3 is 10.6 Å². The third-order valence-corrected chi connectivity index (χ3v) is 3.42. The molecule has 1 aromatic carbocycles. The Morgan fingerprint density at radius 3 is 2.94 bits per heavy atom. The molecule has 0 spiro atoms. The predicted molar refractivity (Wildman–Crippen MR) is 64.7 cm³/mol. The number of hydrogen-bond acceptors (Lipinski definition) is 2. The van der Waals surface area contributed by atoms with E-state index in [4.69, 9.17) is 17.3 Å². The van der Waals surface area contributed by atoms with Gasteiger partial charge in [0, 0.05) is 29.7 Å². The fraction of sp³-hybridized carbons (Fsp3) is 0.417. The van der Waals surface area contributed by atoms with Crippen LogP contribution in [0.1, 0.15) is 22.3 Å². The third kappa shape index (κ3) is 2.06. The van der Waals surface area contributed by atoms with E-state index in [0.717, 1.165) is 18.5 Å². The number of likely N-dealkylation sites (tertiary alicyclic amines) is 1. The minimum Gasteiger partial charge on any atom is -0.337 e. The van der Waals surface area contributed by atoms with Crippen molar-refractivity contribution in [2.45, 2.75) is 19.4 Å². The number of halogens is 1. The first kappa shape index (κ1) is 11.4. The molecule has 1 atom stereocenters. The zero-order chi connectivity index (χ0) is 11.7. The van der Waals surface area contributed by atoms with Gasteiger partial charge in [-0.15, -0.1) is 0 Å². The van der Waals surface area contributed by atoms with Gasteiger partial charge in [0.1, 0.15) is 0 Å². The lowest BCUT2D eigenvalue weighted by molar-refractivity contribution is 0.0790. The summed E-state index contributed by atoms with van der Waals surface area (Å²) in [7, 11) is 0. The number of benzene rings is 1. The Morgan fingerprint density at radius 2 is 2.31 bits per heavy atom. The summed E-state index contributed by atoms with van der Waals surface area (Å²) in [6.07, 6.45) is 0.880. The third-order valence-electron chi connectivity index (χ3n) is 3.01. The van der Waals surface area contributed by atoms with Crippen LogP contribution in [0, 0.1) is 6.92 Å². The van der Waals surface area contributed by atoms with Crippen molar-refractivity contribution in [3.05, 3.63) is 34.3 Å². The number of carbonyl (C=O) groups excluding carboxylic acids is 1. The predicted octanol–water partition coefficient (Wildman–Crippen LogP) is 1.82. The molecule has 0 bridgehead atoms. The number of amides is 1. The van der Waals surface area contributed by atoms with E-state index < -0.39 is 0 Å². The van der Waals surface area contributed by atoms with Gasteiger partial charge in [-0.05, 0) is 31.0 Å². The van der Waals surface area contributed by atoms with E-state index in [1.807, 2.05) is 13.0 Å². The Balaban J connectivity index is 2.24. The molecule has 0 aliphatic carbocycles. The van der Waals surface area contributed by atoms with E-state index in [1.54, 1.807) is 17.0 Å². The topological polar surface area (TPSA) is 46.3 Å². The monoisotopic (exact) mass is 238 g/mol. The quantitative estimate of drug-likeness (QED) is 0.811. The lowest BCUT2D eigenvalue weighted by Crippen LogP contribution is -2.32. The van der Waals surface area contributed by atoms with Gasteiger partial charge in [-0.2, -0.15) is 0 Å². The van der Waals surface area contributed by atoms with E-state index in [0.29, 0.717) is 17.1 Å². The first-order valence-corrected chi connectivity index (χ1v) is 5.77. The fourth-order valence-electron chi connectivity index (χ4n) is 1.98. The second-order valence-electron chi connectivity index (χ2n) is 4.21. The second kappa shape index (κ2) is 4.44. The van der Waals surface area contributed by atoms with Crippen molar-refractivity contribution in [1.29, 1.82) is 0 Å². The van der Waals surface area contributed by atoms with E-state index in [-0.39, 0.29) is 11.9 Å². The molecule has 1 aliphatic heterocycles. The maximum Gasteiger partial charge on any atom is 0.254 e. The van der Waals surface area contributed by atoms with Crippen LogP contribution in [-0.4, -0.2) is 29.9 Å². The van der Waals surface area contributed by atoms with Crippen LogP contribution >= 0.6 is 11.6 Å². The molecule has 0 radical (unpaired) electrons. The maximum atomic E-state index is 12.2. The summed E-state index contributed by atoms with van der Waals surface area (Å²) >= 11 is 6.00. The zero-order valence-corrected chi connectivity index (χ0v) is 10.00. The van der Waals surface area contributed by atoms with E-state index >= 15 is 0 Å². The molecule has 2 N–H and O–H groups in total.